The number of hydrogen-bond acceptors (Lipinski definition) is 3. The monoisotopic (exact) mass is 451 g/mol. The van der Waals surface area contributed by atoms with Crippen molar-refractivity contribution < 1.29 is 19.0 Å². The molecule has 1 heterocycles. The molecule has 2 aromatic carbocycles. The van der Waals surface area contributed by atoms with Gasteiger partial charge in [0.2, 0.25) is 0 Å². The molecular formula is C23H24Cl2FNO3. The highest BCUT2D eigenvalue weighted by Crippen LogP contribution is 2.45. The summed E-state index contributed by atoms with van der Waals surface area (Å²) in [5, 5.41) is 10.5. The number of piperidine rings is 1. The van der Waals surface area contributed by atoms with Gasteiger partial charge in [-0.15, -0.1) is 0 Å². The minimum atomic E-state index is -1.25. The number of hydrogen-bond donors (Lipinski definition) is 1. The number of carbonyl (C=O) groups is 1. The van der Waals surface area contributed by atoms with E-state index in [4.69, 9.17) is 27.9 Å². The fourth-order valence-electron chi connectivity index (χ4n) is 4.17. The lowest BCUT2D eigenvalue weighted by molar-refractivity contribution is 0.0647. The van der Waals surface area contributed by atoms with E-state index in [0.29, 0.717) is 22.3 Å². The molecule has 1 aliphatic heterocycles. The zero-order valence-electron chi connectivity index (χ0n) is 16.7. The first-order valence-electron chi connectivity index (χ1n) is 10.2. The number of nitrogens with zero attached hydrogens (tertiary/aromatic N) is 1. The van der Waals surface area contributed by atoms with Crippen LogP contribution in [-0.4, -0.2) is 35.2 Å². The number of carboxylic acid groups (broad SMARTS) is 1. The molecule has 0 amide bonds. The molecule has 0 bridgehead atoms. The Kier molecular flexibility index (Phi) is 6.24. The fourth-order valence-corrected chi connectivity index (χ4v) is 4.71. The highest BCUT2D eigenvalue weighted by molar-refractivity contribution is 6.34. The summed E-state index contributed by atoms with van der Waals surface area (Å²) in [6.45, 7) is 3.73. The Hall–Kier alpha value is -1.82. The third kappa shape index (κ3) is 4.74. The van der Waals surface area contributed by atoms with Gasteiger partial charge in [-0.3, -0.25) is 4.90 Å². The maximum Gasteiger partial charge on any atom is 0.338 e. The van der Waals surface area contributed by atoms with Gasteiger partial charge in [0.05, 0.1) is 5.56 Å². The van der Waals surface area contributed by atoms with Crippen LogP contribution in [0.25, 0.3) is 0 Å². The van der Waals surface area contributed by atoms with Crippen LogP contribution in [0.5, 0.6) is 5.75 Å². The van der Waals surface area contributed by atoms with Crippen LogP contribution in [0.4, 0.5) is 4.39 Å². The number of rotatable bonds is 6. The van der Waals surface area contributed by atoms with E-state index in [9.17, 15) is 14.3 Å². The molecule has 0 spiro atoms. The second-order valence-corrected chi connectivity index (χ2v) is 9.08. The van der Waals surface area contributed by atoms with Gasteiger partial charge in [0.1, 0.15) is 17.7 Å². The van der Waals surface area contributed by atoms with Gasteiger partial charge in [0, 0.05) is 28.7 Å². The Morgan fingerprint density at radius 2 is 1.87 bits per heavy atom. The molecule has 30 heavy (non-hydrogen) atoms. The summed E-state index contributed by atoms with van der Waals surface area (Å²) in [4.78, 5) is 13.6. The Morgan fingerprint density at radius 3 is 2.50 bits per heavy atom. The molecule has 0 radical (unpaired) electrons. The quantitative estimate of drug-likeness (QED) is 0.558. The third-order valence-corrected chi connectivity index (χ3v) is 6.40. The van der Waals surface area contributed by atoms with Crippen LogP contribution in [0, 0.1) is 5.82 Å². The Balaban J connectivity index is 1.52. The molecular weight excluding hydrogens is 428 g/mol. The van der Waals surface area contributed by atoms with Crippen LogP contribution >= 0.6 is 23.2 Å². The van der Waals surface area contributed by atoms with Gasteiger partial charge in [-0.2, -0.15) is 0 Å². The first-order chi connectivity index (χ1) is 14.3. The van der Waals surface area contributed by atoms with E-state index in [1.54, 1.807) is 6.07 Å². The molecule has 1 aliphatic carbocycles. The molecule has 4 nitrogen and oxygen atoms in total. The standard InChI is InChI=1S/C23H24Cl2FNO3/c1-13(15-7-16(24)9-17(25)8-15)27-6-2-3-18(12-27)30-22-11-21(26)20(23(28)29)10-19(22)14-4-5-14/h7-11,13-14,18H,2-6,12H2,1H3,(H,28,29)/t13-,18-/m1/s1. The van der Waals surface area contributed by atoms with Crippen LogP contribution in [0.2, 0.25) is 10.0 Å². The lowest BCUT2D eigenvalue weighted by atomic mass is 10.0. The van der Waals surface area contributed by atoms with Crippen molar-refractivity contribution in [3.63, 3.8) is 0 Å². The minimum Gasteiger partial charge on any atom is -0.489 e. The van der Waals surface area contributed by atoms with Gasteiger partial charge in [-0.1, -0.05) is 23.2 Å². The van der Waals surface area contributed by atoms with Gasteiger partial charge in [0.15, 0.2) is 0 Å². The van der Waals surface area contributed by atoms with Gasteiger partial charge < -0.3 is 9.84 Å². The van der Waals surface area contributed by atoms with Crippen LogP contribution in [-0.2, 0) is 0 Å². The van der Waals surface area contributed by atoms with Crippen molar-refractivity contribution in [1.29, 1.82) is 0 Å². The van der Waals surface area contributed by atoms with Crippen molar-refractivity contribution in [2.24, 2.45) is 0 Å². The number of likely N-dealkylation sites (tertiary alicyclic amines) is 1. The third-order valence-electron chi connectivity index (χ3n) is 5.97. The fraction of sp³-hybridized carbons (Fsp3) is 0.435. The Bertz CT molecular complexity index is 943. The zero-order valence-corrected chi connectivity index (χ0v) is 18.2. The van der Waals surface area contributed by atoms with E-state index >= 15 is 0 Å². The van der Waals surface area contributed by atoms with Crippen LogP contribution in [0.15, 0.2) is 30.3 Å². The average Bonchev–Trinajstić information content (AvgIpc) is 3.52. The Morgan fingerprint density at radius 1 is 1.17 bits per heavy atom. The molecule has 0 aromatic heterocycles. The maximum absolute atomic E-state index is 14.3. The second-order valence-electron chi connectivity index (χ2n) is 8.21. The number of benzene rings is 2. The highest BCUT2D eigenvalue weighted by Gasteiger charge is 2.32. The summed E-state index contributed by atoms with van der Waals surface area (Å²) in [5.74, 6) is -1.27. The molecule has 160 valence electrons. The second kappa shape index (κ2) is 8.74. The molecule has 1 N–H and O–H groups in total. The maximum atomic E-state index is 14.3. The normalized spacial score (nSPS) is 20.7. The molecule has 1 saturated carbocycles. The van der Waals surface area contributed by atoms with Crippen LogP contribution in [0.3, 0.4) is 0 Å². The van der Waals surface area contributed by atoms with Crippen molar-refractivity contribution in [2.45, 2.75) is 50.7 Å². The molecule has 2 aromatic rings. The summed E-state index contributed by atoms with van der Waals surface area (Å²) < 4.78 is 20.6. The summed E-state index contributed by atoms with van der Waals surface area (Å²) in [7, 11) is 0. The average molecular weight is 452 g/mol. The number of halogens is 3. The first kappa shape index (κ1) is 21.4. The molecule has 2 fully saturated rings. The van der Waals surface area contributed by atoms with E-state index in [1.165, 1.54) is 12.1 Å². The van der Waals surface area contributed by atoms with E-state index in [1.807, 2.05) is 12.1 Å². The molecule has 2 atom stereocenters. The number of carboxylic acids is 1. The van der Waals surface area contributed by atoms with Gasteiger partial charge in [-0.05, 0) is 80.5 Å². The number of aromatic carboxylic acids is 1. The highest BCUT2D eigenvalue weighted by atomic mass is 35.5. The topological polar surface area (TPSA) is 49.8 Å². The van der Waals surface area contributed by atoms with Gasteiger partial charge in [-0.25, -0.2) is 9.18 Å². The predicted octanol–water partition coefficient (Wildman–Crippen LogP) is 6.31. The molecule has 1 saturated heterocycles. The van der Waals surface area contributed by atoms with E-state index in [2.05, 4.69) is 11.8 Å². The van der Waals surface area contributed by atoms with Crippen molar-refractivity contribution >= 4 is 29.2 Å². The first-order valence-corrected chi connectivity index (χ1v) is 11.0. The summed E-state index contributed by atoms with van der Waals surface area (Å²) in [5.41, 5.74) is 1.56. The van der Waals surface area contributed by atoms with Crippen LogP contribution in [0.1, 0.15) is 66.1 Å². The number of ether oxygens (including phenoxy) is 1. The molecule has 2 aliphatic rings. The van der Waals surface area contributed by atoms with Crippen molar-refractivity contribution in [3.05, 3.63) is 62.9 Å². The molecule has 0 unspecified atom stereocenters. The largest absolute Gasteiger partial charge is 0.489 e. The molecule has 4 rings (SSSR count). The SMILES string of the molecule is C[C@H](c1cc(Cl)cc(Cl)c1)N1CCC[C@@H](Oc2cc(F)c(C(=O)O)cc2C2CC2)C1. The minimum absolute atomic E-state index is 0.0940. The lowest BCUT2D eigenvalue weighted by Crippen LogP contribution is -2.42. The summed E-state index contributed by atoms with van der Waals surface area (Å²) in [6, 6.07) is 8.37. The van der Waals surface area contributed by atoms with Gasteiger partial charge >= 0.3 is 5.97 Å². The zero-order chi connectivity index (χ0) is 21.4. The Labute approximate surface area is 185 Å². The predicted molar refractivity (Wildman–Crippen MR) is 115 cm³/mol. The summed E-state index contributed by atoms with van der Waals surface area (Å²) in [6.07, 6.45) is 3.68. The lowest BCUT2D eigenvalue weighted by Gasteiger charge is -2.37. The van der Waals surface area contributed by atoms with Crippen molar-refractivity contribution in [1.82, 2.24) is 4.90 Å². The smallest absolute Gasteiger partial charge is 0.338 e. The van der Waals surface area contributed by atoms with Crippen molar-refractivity contribution in [2.75, 3.05) is 13.1 Å². The van der Waals surface area contributed by atoms with Gasteiger partial charge in [0.25, 0.3) is 0 Å². The van der Waals surface area contributed by atoms with Crippen molar-refractivity contribution in [3.8, 4) is 5.75 Å². The van der Waals surface area contributed by atoms with E-state index in [0.717, 1.165) is 43.4 Å². The summed E-state index contributed by atoms with van der Waals surface area (Å²) >= 11 is 12.3. The van der Waals surface area contributed by atoms with E-state index < -0.39 is 11.8 Å². The van der Waals surface area contributed by atoms with Crippen LogP contribution < -0.4 is 4.74 Å². The van der Waals surface area contributed by atoms with E-state index in [-0.39, 0.29) is 23.6 Å². The molecule has 7 heteroatoms.